The van der Waals surface area contributed by atoms with Crippen molar-refractivity contribution in [3.8, 4) is 0 Å². The second-order valence-electron chi connectivity index (χ2n) is 7.10. The van der Waals surface area contributed by atoms with Crippen molar-refractivity contribution >= 4 is 0 Å². The molecule has 0 aliphatic carbocycles. The summed E-state index contributed by atoms with van der Waals surface area (Å²) in [4.78, 5) is 2.66. The number of hydrogen-bond donors (Lipinski definition) is 1. The van der Waals surface area contributed by atoms with Crippen LogP contribution in [0.3, 0.4) is 0 Å². The molecule has 1 aliphatic rings. The Hall–Kier alpha value is -0.860. The summed E-state index contributed by atoms with van der Waals surface area (Å²) in [7, 11) is 0. The van der Waals surface area contributed by atoms with Gasteiger partial charge >= 0.3 is 0 Å². The molecule has 1 N–H and O–H groups in total. The van der Waals surface area contributed by atoms with Gasteiger partial charge in [-0.2, -0.15) is 0 Å². The summed E-state index contributed by atoms with van der Waals surface area (Å²) >= 11 is 0. The first-order chi connectivity index (χ1) is 9.43. The standard InChI is InChI=1S/C18H30N2/c1-6-11-20(17-12-19-13-17)14(2)15-7-9-16(10-8-15)18(3,4)5/h7-10,14,17,19H,6,11-13H2,1-5H3. The summed E-state index contributed by atoms with van der Waals surface area (Å²) in [5, 5.41) is 3.39. The van der Waals surface area contributed by atoms with Crippen LogP contribution in [-0.2, 0) is 5.41 Å². The second kappa shape index (κ2) is 6.28. The predicted molar refractivity (Wildman–Crippen MR) is 87.2 cm³/mol. The van der Waals surface area contributed by atoms with Crippen LogP contribution in [0.2, 0.25) is 0 Å². The van der Waals surface area contributed by atoms with Crippen molar-refractivity contribution in [1.82, 2.24) is 10.2 Å². The minimum Gasteiger partial charge on any atom is -0.314 e. The van der Waals surface area contributed by atoms with Crippen molar-refractivity contribution in [3.63, 3.8) is 0 Å². The average Bonchev–Trinajstić information content (AvgIpc) is 2.34. The van der Waals surface area contributed by atoms with E-state index in [0.717, 1.165) is 13.1 Å². The minimum atomic E-state index is 0.239. The molecule has 1 unspecified atom stereocenters. The Balaban J connectivity index is 2.12. The molecule has 0 radical (unpaired) electrons. The van der Waals surface area contributed by atoms with Gasteiger partial charge in [0.2, 0.25) is 0 Å². The highest BCUT2D eigenvalue weighted by molar-refractivity contribution is 5.29. The SMILES string of the molecule is CCCN(C1CNC1)C(C)c1ccc(C(C)(C)C)cc1. The fourth-order valence-corrected chi connectivity index (χ4v) is 2.91. The van der Waals surface area contributed by atoms with Crippen molar-refractivity contribution in [3.05, 3.63) is 35.4 Å². The zero-order valence-electron chi connectivity index (χ0n) is 13.7. The van der Waals surface area contributed by atoms with Crippen LogP contribution in [0, 0.1) is 0 Å². The molecule has 0 saturated carbocycles. The molecule has 0 amide bonds. The molecule has 2 heteroatoms. The lowest BCUT2D eigenvalue weighted by Crippen LogP contribution is -2.57. The maximum absolute atomic E-state index is 3.39. The summed E-state index contributed by atoms with van der Waals surface area (Å²) in [6, 6.07) is 10.5. The molecule has 2 rings (SSSR count). The molecule has 0 aromatic heterocycles. The molecular formula is C18H30N2. The monoisotopic (exact) mass is 274 g/mol. The van der Waals surface area contributed by atoms with E-state index in [2.05, 4.69) is 69.1 Å². The fourth-order valence-electron chi connectivity index (χ4n) is 2.91. The molecule has 1 aliphatic heterocycles. The summed E-state index contributed by atoms with van der Waals surface area (Å²) in [5.41, 5.74) is 3.10. The Kier molecular flexibility index (Phi) is 4.87. The first-order valence-electron chi connectivity index (χ1n) is 8.00. The molecule has 1 fully saturated rings. The van der Waals surface area contributed by atoms with Gasteiger partial charge in [0.15, 0.2) is 0 Å². The van der Waals surface area contributed by atoms with Crippen LogP contribution < -0.4 is 5.32 Å². The molecule has 0 bridgehead atoms. The molecule has 1 aromatic rings. The van der Waals surface area contributed by atoms with Crippen LogP contribution >= 0.6 is 0 Å². The molecule has 112 valence electrons. The Bertz CT molecular complexity index is 412. The largest absolute Gasteiger partial charge is 0.314 e. The van der Waals surface area contributed by atoms with E-state index in [9.17, 15) is 0 Å². The van der Waals surface area contributed by atoms with Gasteiger partial charge in [0.25, 0.3) is 0 Å². The van der Waals surface area contributed by atoms with E-state index in [0.29, 0.717) is 12.1 Å². The van der Waals surface area contributed by atoms with Gasteiger partial charge in [-0.1, -0.05) is 52.0 Å². The van der Waals surface area contributed by atoms with Crippen molar-refractivity contribution in [2.24, 2.45) is 0 Å². The van der Waals surface area contributed by atoms with E-state index in [1.165, 1.54) is 24.1 Å². The van der Waals surface area contributed by atoms with E-state index in [4.69, 9.17) is 0 Å². The number of nitrogens with one attached hydrogen (secondary N) is 1. The van der Waals surface area contributed by atoms with Gasteiger partial charge in [0.1, 0.15) is 0 Å². The van der Waals surface area contributed by atoms with Crippen molar-refractivity contribution in [2.75, 3.05) is 19.6 Å². The van der Waals surface area contributed by atoms with Crippen LogP contribution in [0.15, 0.2) is 24.3 Å². The van der Waals surface area contributed by atoms with Crippen LogP contribution in [-0.4, -0.2) is 30.6 Å². The molecule has 2 nitrogen and oxygen atoms in total. The van der Waals surface area contributed by atoms with Crippen LogP contribution in [0.4, 0.5) is 0 Å². The lowest BCUT2D eigenvalue weighted by Gasteiger charge is -2.42. The number of benzene rings is 1. The number of hydrogen-bond acceptors (Lipinski definition) is 2. The number of rotatable bonds is 5. The van der Waals surface area contributed by atoms with Gasteiger partial charge in [-0.25, -0.2) is 0 Å². The van der Waals surface area contributed by atoms with Crippen LogP contribution in [0.5, 0.6) is 0 Å². The molecule has 1 aromatic carbocycles. The van der Waals surface area contributed by atoms with Crippen molar-refractivity contribution < 1.29 is 0 Å². The first-order valence-corrected chi connectivity index (χ1v) is 8.00. The summed E-state index contributed by atoms with van der Waals surface area (Å²) < 4.78 is 0. The third-order valence-corrected chi connectivity index (χ3v) is 4.47. The first kappa shape index (κ1) is 15.5. The predicted octanol–water partition coefficient (Wildman–Crippen LogP) is 3.73. The van der Waals surface area contributed by atoms with E-state index in [1.54, 1.807) is 0 Å². The average molecular weight is 274 g/mol. The fraction of sp³-hybridized carbons (Fsp3) is 0.667. The zero-order chi connectivity index (χ0) is 14.8. The van der Waals surface area contributed by atoms with Gasteiger partial charge in [-0.15, -0.1) is 0 Å². The quantitative estimate of drug-likeness (QED) is 0.880. The maximum Gasteiger partial charge on any atom is 0.0351 e. The lowest BCUT2D eigenvalue weighted by atomic mass is 9.86. The molecule has 20 heavy (non-hydrogen) atoms. The van der Waals surface area contributed by atoms with Gasteiger partial charge in [0, 0.05) is 25.2 Å². The van der Waals surface area contributed by atoms with E-state index in [1.807, 2.05) is 0 Å². The second-order valence-corrected chi connectivity index (χ2v) is 7.10. The molecule has 1 heterocycles. The molecule has 1 atom stereocenters. The van der Waals surface area contributed by atoms with Crippen LogP contribution in [0.25, 0.3) is 0 Å². The van der Waals surface area contributed by atoms with Crippen LogP contribution in [0.1, 0.15) is 58.2 Å². The molecule has 0 spiro atoms. The Morgan fingerprint density at radius 2 is 1.80 bits per heavy atom. The molecular weight excluding hydrogens is 244 g/mol. The summed E-state index contributed by atoms with van der Waals surface area (Å²) in [5.74, 6) is 0. The van der Waals surface area contributed by atoms with Gasteiger partial charge < -0.3 is 5.32 Å². The number of nitrogens with zero attached hydrogens (tertiary/aromatic N) is 1. The highest BCUT2D eigenvalue weighted by Gasteiger charge is 2.28. The Morgan fingerprint density at radius 1 is 1.20 bits per heavy atom. The summed E-state index contributed by atoms with van der Waals surface area (Å²) in [6.45, 7) is 14.9. The smallest absolute Gasteiger partial charge is 0.0351 e. The maximum atomic E-state index is 3.39. The zero-order valence-corrected chi connectivity index (χ0v) is 13.7. The third kappa shape index (κ3) is 3.42. The molecule has 1 saturated heterocycles. The highest BCUT2D eigenvalue weighted by atomic mass is 15.2. The van der Waals surface area contributed by atoms with E-state index < -0.39 is 0 Å². The third-order valence-electron chi connectivity index (χ3n) is 4.47. The summed E-state index contributed by atoms with van der Waals surface area (Å²) in [6.07, 6.45) is 1.22. The van der Waals surface area contributed by atoms with Gasteiger partial charge in [-0.3, -0.25) is 4.90 Å². The van der Waals surface area contributed by atoms with Gasteiger partial charge in [-0.05, 0) is 36.4 Å². The van der Waals surface area contributed by atoms with E-state index >= 15 is 0 Å². The van der Waals surface area contributed by atoms with E-state index in [-0.39, 0.29) is 5.41 Å². The van der Waals surface area contributed by atoms with Gasteiger partial charge in [0.05, 0.1) is 0 Å². The highest BCUT2D eigenvalue weighted by Crippen LogP contribution is 2.27. The Labute approximate surface area is 124 Å². The lowest BCUT2D eigenvalue weighted by molar-refractivity contribution is 0.103. The van der Waals surface area contributed by atoms with Crippen molar-refractivity contribution in [2.45, 2.75) is 58.5 Å². The topological polar surface area (TPSA) is 15.3 Å². The minimum absolute atomic E-state index is 0.239. The Morgan fingerprint density at radius 3 is 2.20 bits per heavy atom. The normalized spacial score (nSPS) is 18.1. The van der Waals surface area contributed by atoms with Crippen molar-refractivity contribution in [1.29, 1.82) is 0 Å².